The maximum Gasteiger partial charge on any atom is 0.287 e. The first-order valence-electron chi connectivity index (χ1n) is 8.79. The number of rotatable bonds is 5. The lowest BCUT2D eigenvalue weighted by Crippen LogP contribution is -2.49. The largest absolute Gasteiger partial charge is 0.353 e. The average Bonchev–Trinajstić information content (AvgIpc) is 2.73. The molecule has 28 heavy (non-hydrogen) atoms. The van der Waals surface area contributed by atoms with Gasteiger partial charge in [0, 0.05) is 37.8 Å². The Hall–Kier alpha value is -3.01. The number of hydrogen-bond acceptors (Lipinski definition) is 7. The number of carbonyl (C=O) groups is 1. The number of sulfone groups is 1. The number of piperazine rings is 1. The zero-order valence-electron chi connectivity index (χ0n) is 15.3. The fourth-order valence-corrected chi connectivity index (χ4v) is 3.85. The summed E-state index contributed by atoms with van der Waals surface area (Å²) in [7, 11) is -3.29. The summed E-state index contributed by atoms with van der Waals surface area (Å²) < 4.78 is 23.7. The number of benzene rings is 1. The van der Waals surface area contributed by atoms with E-state index >= 15 is 0 Å². The van der Waals surface area contributed by atoms with Crippen molar-refractivity contribution in [1.82, 2.24) is 9.88 Å². The van der Waals surface area contributed by atoms with Crippen molar-refractivity contribution in [3.8, 4) is 0 Å². The second kappa shape index (κ2) is 7.93. The summed E-state index contributed by atoms with van der Waals surface area (Å²) in [5.41, 5.74) is 0.378. The molecule has 148 valence electrons. The Kier molecular flexibility index (Phi) is 5.59. The molecule has 0 unspecified atom stereocenters. The van der Waals surface area contributed by atoms with Crippen LogP contribution in [0.25, 0.3) is 0 Å². The van der Waals surface area contributed by atoms with Gasteiger partial charge in [0.15, 0.2) is 9.84 Å². The SMILES string of the molecule is CCS(=O)(=O)c1ccc(C(=O)N2CCN(c3ccc([N+](=O)[O-])cn3)CC2)cc1. The number of pyridine rings is 1. The second-order valence-corrected chi connectivity index (χ2v) is 8.62. The first-order valence-corrected chi connectivity index (χ1v) is 10.4. The van der Waals surface area contributed by atoms with Gasteiger partial charge in [0.2, 0.25) is 0 Å². The van der Waals surface area contributed by atoms with Crippen LogP contribution in [-0.4, -0.2) is 61.1 Å². The lowest BCUT2D eigenvalue weighted by molar-refractivity contribution is -0.385. The molecule has 1 aliphatic rings. The standard InChI is InChI=1S/C18H20N4O5S/c1-2-28(26,27)16-6-3-14(4-7-16)18(23)21-11-9-20(10-12-21)17-8-5-15(13-19-17)22(24)25/h3-8,13H,2,9-12H2,1H3. The molecule has 0 bridgehead atoms. The van der Waals surface area contributed by atoms with Crippen molar-refractivity contribution in [2.75, 3.05) is 36.8 Å². The van der Waals surface area contributed by atoms with Gasteiger partial charge >= 0.3 is 0 Å². The van der Waals surface area contributed by atoms with Gasteiger partial charge < -0.3 is 9.80 Å². The number of carbonyl (C=O) groups excluding carboxylic acids is 1. The Balaban J connectivity index is 1.63. The van der Waals surface area contributed by atoms with Gasteiger partial charge in [-0.2, -0.15) is 0 Å². The van der Waals surface area contributed by atoms with Gasteiger partial charge in [-0.05, 0) is 30.3 Å². The minimum absolute atomic E-state index is 0.0128. The predicted molar refractivity (Wildman–Crippen MR) is 103 cm³/mol. The number of nitro groups is 1. The highest BCUT2D eigenvalue weighted by Gasteiger charge is 2.23. The van der Waals surface area contributed by atoms with Crippen LogP contribution < -0.4 is 4.90 Å². The van der Waals surface area contributed by atoms with Crippen LogP contribution in [0.1, 0.15) is 17.3 Å². The molecule has 9 nitrogen and oxygen atoms in total. The normalized spacial score (nSPS) is 14.8. The van der Waals surface area contributed by atoms with E-state index in [1.165, 1.54) is 36.5 Å². The van der Waals surface area contributed by atoms with Crippen molar-refractivity contribution in [3.05, 3.63) is 58.3 Å². The van der Waals surface area contributed by atoms with Crippen LogP contribution in [0.15, 0.2) is 47.5 Å². The molecule has 1 aromatic carbocycles. The van der Waals surface area contributed by atoms with Crippen molar-refractivity contribution in [2.24, 2.45) is 0 Å². The second-order valence-electron chi connectivity index (χ2n) is 6.34. The quantitative estimate of drug-likeness (QED) is 0.551. The Morgan fingerprint density at radius 1 is 1.11 bits per heavy atom. The van der Waals surface area contributed by atoms with Gasteiger partial charge in [-0.15, -0.1) is 0 Å². The summed E-state index contributed by atoms with van der Waals surface area (Å²) >= 11 is 0. The fraction of sp³-hybridized carbons (Fsp3) is 0.333. The molecule has 2 aromatic rings. The van der Waals surface area contributed by atoms with E-state index in [0.29, 0.717) is 37.6 Å². The number of hydrogen-bond donors (Lipinski definition) is 0. The van der Waals surface area contributed by atoms with Crippen molar-refractivity contribution < 1.29 is 18.1 Å². The Morgan fingerprint density at radius 3 is 2.25 bits per heavy atom. The van der Waals surface area contributed by atoms with Crippen LogP contribution in [-0.2, 0) is 9.84 Å². The molecule has 0 aliphatic carbocycles. The smallest absolute Gasteiger partial charge is 0.287 e. The number of amides is 1. The van der Waals surface area contributed by atoms with Crippen LogP contribution in [0, 0.1) is 10.1 Å². The molecule has 2 heterocycles. The van der Waals surface area contributed by atoms with Gasteiger partial charge in [0.05, 0.1) is 15.6 Å². The zero-order chi connectivity index (χ0) is 20.3. The van der Waals surface area contributed by atoms with Gasteiger partial charge in [0.1, 0.15) is 12.0 Å². The third-order valence-corrected chi connectivity index (χ3v) is 6.42. The van der Waals surface area contributed by atoms with E-state index in [9.17, 15) is 23.3 Å². The lowest BCUT2D eigenvalue weighted by atomic mass is 10.2. The highest BCUT2D eigenvalue weighted by molar-refractivity contribution is 7.91. The van der Waals surface area contributed by atoms with Crippen LogP contribution in [0.5, 0.6) is 0 Å². The molecular weight excluding hydrogens is 384 g/mol. The van der Waals surface area contributed by atoms with Crippen LogP contribution in [0.2, 0.25) is 0 Å². The van der Waals surface area contributed by atoms with Crippen molar-refractivity contribution >= 4 is 27.2 Å². The summed E-state index contributed by atoms with van der Waals surface area (Å²) in [6.45, 7) is 3.64. The summed E-state index contributed by atoms with van der Waals surface area (Å²) in [6, 6.07) is 9.00. The highest BCUT2D eigenvalue weighted by Crippen LogP contribution is 2.19. The monoisotopic (exact) mass is 404 g/mol. The number of anilines is 1. The first kappa shape index (κ1) is 19.7. The van der Waals surface area contributed by atoms with Gasteiger partial charge in [-0.1, -0.05) is 6.92 Å². The average molecular weight is 404 g/mol. The Labute approximate surface area is 162 Å². The van der Waals surface area contributed by atoms with E-state index < -0.39 is 14.8 Å². The molecule has 0 spiro atoms. The highest BCUT2D eigenvalue weighted by atomic mass is 32.2. The molecule has 0 atom stereocenters. The summed E-state index contributed by atoms with van der Waals surface area (Å²) in [5, 5.41) is 10.7. The lowest BCUT2D eigenvalue weighted by Gasteiger charge is -2.35. The summed E-state index contributed by atoms with van der Waals surface area (Å²) in [6.07, 6.45) is 1.22. The molecular formula is C18H20N4O5S. The maximum atomic E-state index is 12.7. The molecule has 1 aliphatic heterocycles. The first-order chi connectivity index (χ1) is 13.3. The molecule has 1 aromatic heterocycles. The Morgan fingerprint density at radius 2 is 1.75 bits per heavy atom. The third kappa shape index (κ3) is 4.11. The summed E-state index contributed by atoms with van der Waals surface area (Å²) in [4.78, 5) is 30.9. The van der Waals surface area contributed by atoms with Crippen LogP contribution in [0.3, 0.4) is 0 Å². The predicted octanol–water partition coefficient (Wildman–Crippen LogP) is 1.75. The number of nitrogens with zero attached hydrogens (tertiary/aromatic N) is 4. The van der Waals surface area contributed by atoms with E-state index in [2.05, 4.69) is 4.98 Å². The molecule has 0 radical (unpaired) electrons. The van der Waals surface area contributed by atoms with Gasteiger partial charge in [0.25, 0.3) is 11.6 Å². The number of aromatic nitrogens is 1. The Bertz CT molecular complexity index is 966. The fourth-order valence-electron chi connectivity index (χ4n) is 2.97. The molecule has 10 heteroatoms. The van der Waals surface area contributed by atoms with E-state index in [1.807, 2.05) is 4.90 Å². The molecule has 0 N–H and O–H groups in total. The van der Waals surface area contributed by atoms with E-state index in [1.54, 1.807) is 17.9 Å². The van der Waals surface area contributed by atoms with Gasteiger partial charge in [-0.25, -0.2) is 13.4 Å². The van der Waals surface area contributed by atoms with Gasteiger partial charge in [-0.3, -0.25) is 14.9 Å². The van der Waals surface area contributed by atoms with Crippen molar-refractivity contribution in [3.63, 3.8) is 0 Å². The molecule has 1 saturated heterocycles. The van der Waals surface area contributed by atoms with E-state index in [-0.39, 0.29) is 22.2 Å². The topological polar surface area (TPSA) is 114 Å². The molecule has 3 rings (SSSR count). The minimum Gasteiger partial charge on any atom is -0.353 e. The summed E-state index contributed by atoms with van der Waals surface area (Å²) in [5.74, 6) is 0.488. The third-order valence-electron chi connectivity index (χ3n) is 4.67. The van der Waals surface area contributed by atoms with Crippen molar-refractivity contribution in [2.45, 2.75) is 11.8 Å². The van der Waals surface area contributed by atoms with Crippen molar-refractivity contribution in [1.29, 1.82) is 0 Å². The van der Waals surface area contributed by atoms with E-state index in [4.69, 9.17) is 0 Å². The zero-order valence-corrected chi connectivity index (χ0v) is 16.1. The molecule has 1 amide bonds. The maximum absolute atomic E-state index is 12.7. The van der Waals surface area contributed by atoms with E-state index in [0.717, 1.165) is 0 Å². The molecule has 1 fully saturated rings. The van der Waals surface area contributed by atoms with Crippen LogP contribution in [0.4, 0.5) is 11.5 Å². The minimum atomic E-state index is -3.29. The van der Waals surface area contributed by atoms with Crippen LogP contribution >= 0.6 is 0 Å². The molecule has 0 saturated carbocycles.